The molecule has 0 bridgehead atoms. The number of nitrogens with zero attached hydrogens (tertiary/aromatic N) is 2. The molecule has 0 saturated carbocycles. The maximum Gasteiger partial charge on any atom is 0.181 e. The van der Waals surface area contributed by atoms with Crippen LogP contribution in [0.4, 0.5) is 0 Å². The van der Waals surface area contributed by atoms with Gasteiger partial charge in [0, 0.05) is 6.20 Å². The van der Waals surface area contributed by atoms with Crippen molar-refractivity contribution in [2.45, 2.75) is 13.5 Å². The summed E-state index contributed by atoms with van der Waals surface area (Å²) in [5.74, 6) is 2.96. The van der Waals surface area contributed by atoms with Gasteiger partial charge in [0.05, 0.1) is 11.4 Å². The lowest BCUT2D eigenvalue weighted by atomic mass is 10.1. The Kier molecular flexibility index (Phi) is 4.38. The van der Waals surface area contributed by atoms with E-state index in [1.165, 1.54) is 6.39 Å². The molecule has 0 aliphatic heterocycles. The molecule has 2 aromatic carbocycles. The molecule has 0 saturated heterocycles. The number of benzene rings is 2. The number of rotatable bonds is 6. The van der Waals surface area contributed by atoms with E-state index in [1.54, 1.807) is 6.20 Å². The van der Waals surface area contributed by atoms with Crippen molar-refractivity contribution in [3.05, 3.63) is 78.6 Å². The van der Waals surface area contributed by atoms with Gasteiger partial charge in [-0.25, -0.2) is 4.98 Å². The van der Waals surface area contributed by atoms with Crippen LogP contribution in [0.2, 0.25) is 0 Å². The predicted molar refractivity (Wildman–Crippen MR) is 96.1 cm³/mol. The first kappa shape index (κ1) is 16.0. The molecule has 0 spiro atoms. The van der Waals surface area contributed by atoms with Crippen LogP contribution in [0.3, 0.4) is 0 Å². The lowest BCUT2D eigenvalue weighted by Gasteiger charge is -2.08. The summed E-state index contributed by atoms with van der Waals surface area (Å²) in [4.78, 5) is 4.04. The molecule has 0 aliphatic carbocycles. The monoisotopic (exact) mass is 347 g/mol. The Bertz CT molecular complexity index is 958. The van der Waals surface area contributed by atoms with E-state index in [2.05, 4.69) is 15.2 Å². The maximum absolute atomic E-state index is 5.87. The van der Waals surface area contributed by atoms with E-state index in [4.69, 9.17) is 13.9 Å². The smallest absolute Gasteiger partial charge is 0.181 e. The minimum atomic E-state index is 0.348. The standard InChI is InChI=1S/C20H17N3O3/c1-14-20(25-13-21-14)12-24-16-6-8-18(9-7-16)26-17-4-2-15(3-5-17)19-10-11-22-23-19/h2-11,13H,12H2,1H3,(H,22,23). The van der Waals surface area contributed by atoms with Gasteiger partial charge in [0.1, 0.15) is 23.9 Å². The topological polar surface area (TPSA) is 73.2 Å². The fourth-order valence-corrected chi connectivity index (χ4v) is 2.47. The van der Waals surface area contributed by atoms with Gasteiger partial charge in [-0.15, -0.1) is 0 Å². The summed E-state index contributed by atoms with van der Waals surface area (Å²) >= 11 is 0. The SMILES string of the molecule is Cc1ncoc1COc1ccc(Oc2ccc(-c3ccn[nH]3)cc2)cc1. The van der Waals surface area contributed by atoms with E-state index in [0.717, 1.165) is 40.0 Å². The van der Waals surface area contributed by atoms with Crippen molar-refractivity contribution >= 4 is 0 Å². The minimum Gasteiger partial charge on any atom is -0.486 e. The van der Waals surface area contributed by atoms with E-state index in [0.29, 0.717) is 6.61 Å². The fourth-order valence-electron chi connectivity index (χ4n) is 2.47. The van der Waals surface area contributed by atoms with Crippen LogP contribution in [0.15, 0.2) is 71.6 Å². The first-order valence-corrected chi connectivity index (χ1v) is 8.17. The molecule has 0 aliphatic rings. The third-order valence-corrected chi connectivity index (χ3v) is 3.94. The summed E-state index contributed by atoms with van der Waals surface area (Å²) in [6, 6.07) is 17.2. The molecule has 0 unspecified atom stereocenters. The molecule has 4 rings (SSSR count). The van der Waals surface area contributed by atoms with Gasteiger partial charge in [-0.3, -0.25) is 5.10 Å². The van der Waals surface area contributed by atoms with E-state index >= 15 is 0 Å². The maximum atomic E-state index is 5.87. The molecule has 0 amide bonds. The van der Waals surface area contributed by atoms with Gasteiger partial charge in [-0.2, -0.15) is 5.10 Å². The predicted octanol–water partition coefficient (Wildman–Crippen LogP) is 4.74. The van der Waals surface area contributed by atoms with Gasteiger partial charge in [-0.1, -0.05) is 0 Å². The molecule has 4 aromatic rings. The highest BCUT2D eigenvalue weighted by atomic mass is 16.5. The number of ether oxygens (including phenoxy) is 2. The first-order chi connectivity index (χ1) is 12.8. The molecular formula is C20H17N3O3. The normalized spacial score (nSPS) is 10.7. The number of nitrogens with one attached hydrogen (secondary N) is 1. The number of aryl methyl sites for hydroxylation is 1. The van der Waals surface area contributed by atoms with Crippen molar-refractivity contribution in [3.8, 4) is 28.5 Å². The first-order valence-electron chi connectivity index (χ1n) is 8.17. The van der Waals surface area contributed by atoms with Crippen molar-refractivity contribution in [1.82, 2.24) is 15.2 Å². The highest BCUT2D eigenvalue weighted by Gasteiger charge is 2.05. The molecule has 0 atom stereocenters. The average Bonchev–Trinajstić information content (AvgIpc) is 3.34. The Morgan fingerprint density at radius 3 is 2.23 bits per heavy atom. The number of aromatic nitrogens is 3. The van der Waals surface area contributed by atoms with E-state index in [1.807, 2.05) is 61.5 Å². The largest absolute Gasteiger partial charge is 0.486 e. The average molecular weight is 347 g/mol. The summed E-state index contributed by atoms with van der Waals surface area (Å²) in [6.07, 6.45) is 3.15. The third-order valence-electron chi connectivity index (χ3n) is 3.94. The van der Waals surface area contributed by atoms with Crippen LogP contribution in [0.25, 0.3) is 11.3 Å². The van der Waals surface area contributed by atoms with Crippen LogP contribution < -0.4 is 9.47 Å². The zero-order valence-electron chi connectivity index (χ0n) is 14.2. The Morgan fingerprint density at radius 1 is 0.923 bits per heavy atom. The van der Waals surface area contributed by atoms with Crippen molar-refractivity contribution < 1.29 is 13.9 Å². The van der Waals surface area contributed by atoms with Gasteiger partial charge < -0.3 is 13.9 Å². The van der Waals surface area contributed by atoms with E-state index < -0.39 is 0 Å². The summed E-state index contributed by atoms with van der Waals surface area (Å²) in [5, 5.41) is 6.89. The van der Waals surface area contributed by atoms with E-state index in [9.17, 15) is 0 Å². The second-order valence-electron chi connectivity index (χ2n) is 5.72. The Labute approximate surface area is 150 Å². The number of aromatic amines is 1. The highest BCUT2D eigenvalue weighted by Crippen LogP contribution is 2.26. The highest BCUT2D eigenvalue weighted by molar-refractivity contribution is 5.59. The van der Waals surface area contributed by atoms with Crippen LogP contribution >= 0.6 is 0 Å². The molecule has 6 nitrogen and oxygen atoms in total. The minimum absolute atomic E-state index is 0.348. The van der Waals surface area contributed by atoms with Gasteiger partial charge in [0.15, 0.2) is 12.2 Å². The van der Waals surface area contributed by atoms with Crippen LogP contribution in [-0.2, 0) is 6.61 Å². The second-order valence-corrected chi connectivity index (χ2v) is 5.72. The fraction of sp³-hybridized carbons (Fsp3) is 0.100. The van der Waals surface area contributed by atoms with Crippen LogP contribution in [0.1, 0.15) is 11.5 Å². The number of oxazole rings is 1. The number of hydrogen-bond acceptors (Lipinski definition) is 5. The molecule has 26 heavy (non-hydrogen) atoms. The number of H-pyrrole nitrogens is 1. The Hall–Kier alpha value is -3.54. The lowest BCUT2D eigenvalue weighted by molar-refractivity contribution is 0.269. The van der Waals surface area contributed by atoms with Gasteiger partial charge in [-0.05, 0) is 67.1 Å². The van der Waals surface area contributed by atoms with Crippen molar-refractivity contribution in [3.63, 3.8) is 0 Å². The lowest BCUT2D eigenvalue weighted by Crippen LogP contribution is -1.95. The zero-order chi connectivity index (χ0) is 17.8. The van der Waals surface area contributed by atoms with Crippen LogP contribution in [-0.4, -0.2) is 15.2 Å². The number of hydrogen-bond donors (Lipinski definition) is 1. The molecule has 0 radical (unpaired) electrons. The quantitative estimate of drug-likeness (QED) is 0.545. The summed E-state index contributed by atoms with van der Waals surface area (Å²) in [5.41, 5.74) is 2.87. The molecular weight excluding hydrogens is 330 g/mol. The van der Waals surface area contributed by atoms with Crippen molar-refractivity contribution in [2.24, 2.45) is 0 Å². The molecule has 2 heterocycles. The van der Waals surface area contributed by atoms with Crippen molar-refractivity contribution in [1.29, 1.82) is 0 Å². The molecule has 130 valence electrons. The summed E-state index contributed by atoms with van der Waals surface area (Å²) in [7, 11) is 0. The molecule has 1 N–H and O–H groups in total. The van der Waals surface area contributed by atoms with E-state index in [-0.39, 0.29) is 0 Å². The van der Waals surface area contributed by atoms with Gasteiger partial charge in [0.2, 0.25) is 0 Å². The molecule has 0 fully saturated rings. The molecule has 6 heteroatoms. The van der Waals surface area contributed by atoms with Gasteiger partial charge in [0.25, 0.3) is 0 Å². The summed E-state index contributed by atoms with van der Waals surface area (Å²) in [6.45, 7) is 2.23. The third kappa shape index (κ3) is 3.59. The summed E-state index contributed by atoms with van der Waals surface area (Å²) < 4.78 is 16.8. The van der Waals surface area contributed by atoms with Gasteiger partial charge >= 0.3 is 0 Å². The molecule has 2 aromatic heterocycles. The Balaban J connectivity index is 1.37. The van der Waals surface area contributed by atoms with Crippen LogP contribution in [0, 0.1) is 6.92 Å². The second kappa shape index (κ2) is 7.14. The zero-order valence-corrected chi connectivity index (χ0v) is 14.2. The Morgan fingerprint density at radius 2 is 1.62 bits per heavy atom. The van der Waals surface area contributed by atoms with Crippen LogP contribution in [0.5, 0.6) is 17.2 Å². The van der Waals surface area contributed by atoms with Crippen molar-refractivity contribution in [2.75, 3.05) is 0 Å².